The number of hydrogen-bond donors (Lipinski definition) is 1. The summed E-state index contributed by atoms with van der Waals surface area (Å²) < 4.78 is 10.7. The Morgan fingerprint density at radius 1 is 1.29 bits per heavy atom. The minimum atomic E-state index is -0.315. The Bertz CT molecular complexity index is 459. The highest BCUT2D eigenvalue weighted by atomic mass is 16.5. The molecule has 1 heterocycles. The number of rotatable bonds is 5. The zero-order chi connectivity index (χ0) is 15.3. The summed E-state index contributed by atoms with van der Waals surface area (Å²) in [5.41, 5.74) is 1.43. The van der Waals surface area contributed by atoms with Gasteiger partial charge < -0.3 is 19.7 Å². The first kappa shape index (κ1) is 15.8. The van der Waals surface area contributed by atoms with Gasteiger partial charge in [0.2, 0.25) is 0 Å². The quantitative estimate of drug-likeness (QED) is 0.897. The second-order valence-electron chi connectivity index (χ2n) is 5.72. The molecule has 1 aliphatic heterocycles. The molecule has 21 heavy (non-hydrogen) atoms. The standard InChI is InChI=1S/C16H24N2O3/c1-18(2)14-6-4-13(5-7-14)15(19)17-16(12-20-3)8-10-21-11-9-16/h4-7H,8-12H2,1-3H3,(H,17,19). The lowest BCUT2D eigenvalue weighted by molar-refractivity contribution is 0.00205. The van der Waals surface area contributed by atoms with Gasteiger partial charge in [-0.25, -0.2) is 0 Å². The van der Waals surface area contributed by atoms with E-state index in [-0.39, 0.29) is 11.4 Å². The molecule has 2 rings (SSSR count). The number of carbonyl (C=O) groups excluding carboxylic acids is 1. The van der Waals surface area contributed by atoms with Crippen molar-refractivity contribution in [1.29, 1.82) is 0 Å². The minimum absolute atomic E-state index is 0.0562. The third-order valence-electron chi connectivity index (χ3n) is 3.90. The van der Waals surface area contributed by atoms with Crippen LogP contribution in [-0.2, 0) is 9.47 Å². The summed E-state index contributed by atoms with van der Waals surface area (Å²) in [6, 6.07) is 7.60. The van der Waals surface area contributed by atoms with E-state index in [4.69, 9.17) is 9.47 Å². The maximum absolute atomic E-state index is 12.5. The van der Waals surface area contributed by atoms with E-state index in [1.165, 1.54) is 0 Å². The van der Waals surface area contributed by atoms with Crippen molar-refractivity contribution in [1.82, 2.24) is 5.32 Å². The molecule has 0 spiro atoms. The van der Waals surface area contributed by atoms with Gasteiger partial charge in [-0.15, -0.1) is 0 Å². The molecule has 116 valence electrons. The molecule has 0 saturated carbocycles. The Hall–Kier alpha value is -1.59. The zero-order valence-corrected chi connectivity index (χ0v) is 13.0. The molecule has 0 bridgehead atoms. The number of benzene rings is 1. The average Bonchev–Trinajstić information content (AvgIpc) is 2.48. The molecule has 1 fully saturated rings. The molecule has 1 N–H and O–H groups in total. The molecule has 0 radical (unpaired) electrons. The molecule has 1 aromatic carbocycles. The van der Waals surface area contributed by atoms with Crippen LogP contribution in [0.15, 0.2) is 24.3 Å². The van der Waals surface area contributed by atoms with Crippen LogP contribution < -0.4 is 10.2 Å². The monoisotopic (exact) mass is 292 g/mol. The highest BCUT2D eigenvalue weighted by Gasteiger charge is 2.34. The SMILES string of the molecule is COCC1(NC(=O)c2ccc(N(C)C)cc2)CCOCC1. The summed E-state index contributed by atoms with van der Waals surface area (Å²) in [7, 11) is 5.62. The van der Waals surface area contributed by atoms with Gasteiger partial charge in [0, 0.05) is 45.7 Å². The van der Waals surface area contributed by atoms with E-state index in [9.17, 15) is 4.79 Å². The fraction of sp³-hybridized carbons (Fsp3) is 0.562. The van der Waals surface area contributed by atoms with Crippen molar-refractivity contribution >= 4 is 11.6 Å². The number of methoxy groups -OCH3 is 1. The number of carbonyl (C=O) groups is 1. The van der Waals surface area contributed by atoms with Crippen LogP contribution in [0.4, 0.5) is 5.69 Å². The van der Waals surface area contributed by atoms with Gasteiger partial charge in [0.25, 0.3) is 5.91 Å². The number of amides is 1. The Morgan fingerprint density at radius 3 is 2.43 bits per heavy atom. The van der Waals surface area contributed by atoms with Gasteiger partial charge in [0.1, 0.15) is 0 Å². The third kappa shape index (κ3) is 3.95. The summed E-state index contributed by atoms with van der Waals surface area (Å²) in [5.74, 6) is -0.0562. The zero-order valence-electron chi connectivity index (χ0n) is 13.0. The molecule has 0 unspecified atom stereocenters. The summed E-state index contributed by atoms with van der Waals surface area (Å²) in [4.78, 5) is 14.5. The Morgan fingerprint density at radius 2 is 1.90 bits per heavy atom. The van der Waals surface area contributed by atoms with Crippen LogP contribution in [0, 0.1) is 0 Å². The predicted octanol–water partition coefficient (Wildman–Crippen LogP) is 1.68. The second-order valence-corrected chi connectivity index (χ2v) is 5.72. The van der Waals surface area contributed by atoms with Crippen LogP contribution >= 0.6 is 0 Å². The first-order valence-corrected chi connectivity index (χ1v) is 7.23. The van der Waals surface area contributed by atoms with Crippen LogP contribution in [-0.4, -0.2) is 52.5 Å². The van der Waals surface area contributed by atoms with Gasteiger partial charge >= 0.3 is 0 Å². The summed E-state index contributed by atoms with van der Waals surface area (Å²) in [6.07, 6.45) is 1.56. The van der Waals surface area contributed by atoms with Gasteiger partial charge in [-0.2, -0.15) is 0 Å². The van der Waals surface area contributed by atoms with E-state index in [0.717, 1.165) is 18.5 Å². The van der Waals surface area contributed by atoms with Crippen LogP contribution in [0.3, 0.4) is 0 Å². The van der Waals surface area contributed by atoms with Crippen molar-refractivity contribution in [3.05, 3.63) is 29.8 Å². The van der Waals surface area contributed by atoms with Crippen molar-refractivity contribution < 1.29 is 14.3 Å². The molecule has 1 amide bonds. The highest BCUT2D eigenvalue weighted by molar-refractivity contribution is 5.95. The number of hydrogen-bond acceptors (Lipinski definition) is 4. The molecular formula is C16H24N2O3. The fourth-order valence-corrected chi connectivity index (χ4v) is 2.57. The van der Waals surface area contributed by atoms with Crippen molar-refractivity contribution in [3.8, 4) is 0 Å². The minimum Gasteiger partial charge on any atom is -0.382 e. The van der Waals surface area contributed by atoms with Gasteiger partial charge in [-0.1, -0.05) is 0 Å². The summed E-state index contributed by atoms with van der Waals surface area (Å²) >= 11 is 0. The van der Waals surface area contributed by atoms with Crippen molar-refractivity contribution in [2.24, 2.45) is 0 Å². The van der Waals surface area contributed by atoms with Crippen LogP contribution in [0.25, 0.3) is 0 Å². The maximum atomic E-state index is 12.5. The number of anilines is 1. The van der Waals surface area contributed by atoms with Crippen molar-refractivity contribution in [3.63, 3.8) is 0 Å². The molecule has 5 heteroatoms. The Labute approximate surface area is 126 Å². The topological polar surface area (TPSA) is 50.8 Å². The lowest BCUT2D eigenvalue weighted by Crippen LogP contribution is -2.55. The van der Waals surface area contributed by atoms with Gasteiger partial charge in [0.15, 0.2) is 0 Å². The Balaban J connectivity index is 2.07. The van der Waals surface area contributed by atoms with Gasteiger partial charge in [0.05, 0.1) is 12.1 Å². The molecule has 0 aliphatic carbocycles. The van der Waals surface area contributed by atoms with E-state index < -0.39 is 0 Å². The molecule has 0 aromatic heterocycles. The first-order chi connectivity index (χ1) is 10.1. The molecule has 1 saturated heterocycles. The maximum Gasteiger partial charge on any atom is 0.251 e. The normalized spacial score (nSPS) is 17.3. The van der Waals surface area contributed by atoms with E-state index in [1.54, 1.807) is 7.11 Å². The molecular weight excluding hydrogens is 268 g/mol. The van der Waals surface area contributed by atoms with Crippen molar-refractivity contribution in [2.75, 3.05) is 45.9 Å². The van der Waals surface area contributed by atoms with E-state index in [2.05, 4.69) is 5.32 Å². The summed E-state index contributed by atoms with van der Waals surface area (Å²) in [6.45, 7) is 1.82. The van der Waals surface area contributed by atoms with E-state index in [0.29, 0.717) is 25.4 Å². The van der Waals surface area contributed by atoms with Crippen LogP contribution in [0.2, 0.25) is 0 Å². The van der Waals surface area contributed by atoms with Crippen LogP contribution in [0.1, 0.15) is 23.2 Å². The molecule has 5 nitrogen and oxygen atoms in total. The number of nitrogens with one attached hydrogen (secondary N) is 1. The lowest BCUT2D eigenvalue weighted by atomic mass is 9.90. The predicted molar refractivity (Wildman–Crippen MR) is 82.9 cm³/mol. The van der Waals surface area contributed by atoms with Crippen LogP contribution in [0.5, 0.6) is 0 Å². The molecule has 1 aliphatic rings. The Kier molecular flexibility index (Phi) is 5.20. The lowest BCUT2D eigenvalue weighted by Gasteiger charge is -2.37. The first-order valence-electron chi connectivity index (χ1n) is 7.23. The fourth-order valence-electron chi connectivity index (χ4n) is 2.57. The average molecular weight is 292 g/mol. The third-order valence-corrected chi connectivity index (χ3v) is 3.90. The van der Waals surface area contributed by atoms with E-state index in [1.807, 2.05) is 43.3 Å². The van der Waals surface area contributed by atoms with E-state index >= 15 is 0 Å². The van der Waals surface area contributed by atoms with Crippen molar-refractivity contribution in [2.45, 2.75) is 18.4 Å². The van der Waals surface area contributed by atoms with Gasteiger partial charge in [-0.05, 0) is 37.1 Å². The number of nitrogens with zero attached hydrogens (tertiary/aromatic N) is 1. The highest BCUT2D eigenvalue weighted by Crippen LogP contribution is 2.22. The molecule has 0 atom stereocenters. The molecule has 1 aromatic rings. The van der Waals surface area contributed by atoms with Gasteiger partial charge in [-0.3, -0.25) is 4.79 Å². The second kappa shape index (κ2) is 6.91. The smallest absolute Gasteiger partial charge is 0.251 e. The largest absolute Gasteiger partial charge is 0.382 e. The number of ether oxygens (including phenoxy) is 2. The summed E-state index contributed by atoms with van der Waals surface area (Å²) in [5, 5.41) is 3.14.